The smallest absolute Gasteiger partial charge is 0.0487 e. The third-order valence-electron chi connectivity index (χ3n) is 3.39. The van der Waals surface area contributed by atoms with Crippen LogP contribution in [0.1, 0.15) is 54.9 Å². The Hall–Kier alpha value is -0.0400. The minimum atomic E-state index is 0.0619. The van der Waals surface area contributed by atoms with Crippen molar-refractivity contribution in [1.82, 2.24) is 0 Å². The molecule has 0 aliphatic carbocycles. The third kappa shape index (κ3) is 4.00. The first-order valence-electron chi connectivity index (χ1n) is 5.73. The average Bonchev–Trinajstić information content (AvgIpc) is 1.99. The molecule has 0 fully saturated rings. The predicted molar refractivity (Wildman–Crippen MR) is 63.3 cm³/mol. The summed E-state index contributed by atoms with van der Waals surface area (Å²) in [7, 11) is 0. The number of hydrogen-bond acceptors (Lipinski definition) is 1. The van der Waals surface area contributed by atoms with E-state index in [0.29, 0.717) is 23.9 Å². The lowest BCUT2D eigenvalue weighted by atomic mass is 9.65. The van der Waals surface area contributed by atoms with Crippen LogP contribution in [0.2, 0.25) is 0 Å². The highest BCUT2D eigenvalue weighted by Gasteiger charge is 2.35. The first-order chi connectivity index (χ1) is 6.12. The molecule has 14 heavy (non-hydrogen) atoms. The van der Waals surface area contributed by atoms with Crippen molar-refractivity contribution >= 4 is 0 Å². The zero-order chi connectivity index (χ0) is 11.6. The Morgan fingerprint density at radius 1 is 1.00 bits per heavy atom. The van der Waals surface area contributed by atoms with E-state index < -0.39 is 0 Å². The van der Waals surface area contributed by atoms with E-state index in [2.05, 4.69) is 48.5 Å². The zero-order valence-corrected chi connectivity index (χ0v) is 11.0. The molecule has 1 N–H and O–H groups in total. The zero-order valence-electron chi connectivity index (χ0n) is 11.0. The van der Waals surface area contributed by atoms with Crippen LogP contribution in [-0.4, -0.2) is 11.7 Å². The standard InChI is InChI=1S/C13H28O/c1-10(2)11(3)13(7,9-14)8-12(4,5)6/h10-11,14H,8-9H2,1-7H3. The molecule has 0 amide bonds. The van der Waals surface area contributed by atoms with Gasteiger partial charge in [0.25, 0.3) is 0 Å². The fourth-order valence-corrected chi connectivity index (χ4v) is 2.38. The molecular formula is C13H28O. The van der Waals surface area contributed by atoms with Crippen molar-refractivity contribution in [2.45, 2.75) is 54.9 Å². The maximum atomic E-state index is 9.57. The summed E-state index contributed by atoms with van der Waals surface area (Å²) in [4.78, 5) is 0. The molecule has 0 aromatic rings. The van der Waals surface area contributed by atoms with Crippen LogP contribution in [0.25, 0.3) is 0 Å². The number of aliphatic hydroxyl groups excluding tert-OH is 1. The van der Waals surface area contributed by atoms with Gasteiger partial charge in [-0.1, -0.05) is 48.5 Å². The highest BCUT2D eigenvalue weighted by Crippen LogP contribution is 2.41. The van der Waals surface area contributed by atoms with Gasteiger partial charge in [0.05, 0.1) is 0 Å². The van der Waals surface area contributed by atoms with Crippen molar-refractivity contribution in [3.63, 3.8) is 0 Å². The first-order valence-corrected chi connectivity index (χ1v) is 5.73. The summed E-state index contributed by atoms with van der Waals surface area (Å²) >= 11 is 0. The maximum absolute atomic E-state index is 9.57. The van der Waals surface area contributed by atoms with E-state index in [-0.39, 0.29) is 5.41 Å². The second kappa shape index (κ2) is 4.65. The van der Waals surface area contributed by atoms with Crippen molar-refractivity contribution in [3.8, 4) is 0 Å². The Morgan fingerprint density at radius 3 is 1.64 bits per heavy atom. The van der Waals surface area contributed by atoms with E-state index in [0.717, 1.165) is 6.42 Å². The molecule has 0 heterocycles. The van der Waals surface area contributed by atoms with Gasteiger partial charge in [-0.05, 0) is 29.1 Å². The summed E-state index contributed by atoms with van der Waals surface area (Å²) in [6.07, 6.45) is 1.08. The fourth-order valence-electron chi connectivity index (χ4n) is 2.38. The van der Waals surface area contributed by atoms with E-state index in [4.69, 9.17) is 0 Å². The second-order valence-corrected chi connectivity index (χ2v) is 6.58. The molecule has 0 saturated carbocycles. The van der Waals surface area contributed by atoms with Gasteiger partial charge in [-0.25, -0.2) is 0 Å². The molecular weight excluding hydrogens is 172 g/mol. The Labute approximate surface area is 89.9 Å². The van der Waals surface area contributed by atoms with Crippen LogP contribution in [0, 0.1) is 22.7 Å². The van der Waals surface area contributed by atoms with E-state index in [1.165, 1.54) is 0 Å². The summed E-state index contributed by atoms with van der Waals surface area (Å²) in [6.45, 7) is 16.0. The molecule has 0 aromatic carbocycles. The number of hydrogen-bond donors (Lipinski definition) is 1. The summed E-state index contributed by atoms with van der Waals surface area (Å²) in [5, 5.41) is 9.57. The minimum Gasteiger partial charge on any atom is -0.396 e. The molecule has 0 rings (SSSR count). The molecule has 1 nitrogen and oxygen atoms in total. The van der Waals surface area contributed by atoms with Crippen molar-refractivity contribution < 1.29 is 5.11 Å². The van der Waals surface area contributed by atoms with Crippen LogP contribution in [0.4, 0.5) is 0 Å². The summed E-state index contributed by atoms with van der Waals surface area (Å²) in [5.41, 5.74) is 0.354. The molecule has 2 atom stereocenters. The molecule has 0 saturated heterocycles. The third-order valence-corrected chi connectivity index (χ3v) is 3.39. The fraction of sp³-hybridized carbons (Fsp3) is 1.00. The lowest BCUT2D eigenvalue weighted by molar-refractivity contribution is 0.0246. The number of aliphatic hydroxyl groups is 1. The van der Waals surface area contributed by atoms with E-state index in [1.54, 1.807) is 0 Å². The molecule has 0 spiro atoms. The van der Waals surface area contributed by atoms with Crippen LogP contribution in [0.5, 0.6) is 0 Å². The summed E-state index contributed by atoms with van der Waals surface area (Å²) < 4.78 is 0. The van der Waals surface area contributed by atoms with Gasteiger partial charge in [-0.2, -0.15) is 0 Å². The molecule has 0 radical (unpaired) electrons. The van der Waals surface area contributed by atoms with E-state index >= 15 is 0 Å². The van der Waals surface area contributed by atoms with Crippen LogP contribution >= 0.6 is 0 Å². The van der Waals surface area contributed by atoms with Crippen molar-refractivity contribution in [2.24, 2.45) is 22.7 Å². The topological polar surface area (TPSA) is 20.2 Å². The first kappa shape index (κ1) is 14.0. The normalized spacial score (nSPS) is 19.5. The molecule has 0 aliphatic heterocycles. The van der Waals surface area contributed by atoms with Gasteiger partial charge in [0.2, 0.25) is 0 Å². The largest absolute Gasteiger partial charge is 0.396 e. The molecule has 0 aliphatic rings. The van der Waals surface area contributed by atoms with Gasteiger partial charge in [0, 0.05) is 6.61 Å². The van der Waals surface area contributed by atoms with Crippen LogP contribution in [-0.2, 0) is 0 Å². The Morgan fingerprint density at radius 2 is 1.43 bits per heavy atom. The summed E-state index contributed by atoms with van der Waals surface area (Å²) in [5.74, 6) is 1.20. The second-order valence-electron chi connectivity index (χ2n) is 6.58. The minimum absolute atomic E-state index is 0.0619. The van der Waals surface area contributed by atoms with Gasteiger partial charge < -0.3 is 5.11 Å². The summed E-state index contributed by atoms with van der Waals surface area (Å²) in [6, 6.07) is 0. The SMILES string of the molecule is CC(C)C(C)C(C)(CO)CC(C)(C)C. The molecule has 0 bridgehead atoms. The number of rotatable bonds is 4. The van der Waals surface area contributed by atoms with Crippen molar-refractivity contribution in [2.75, 3.05) is 6.61 Å². The van der Waals surface area contributed by atoms with E-state index in [9.17, 15) is 5.11 Å². The van der Waals surface area contributed by atoms with Crippen LogP contribution < -0.4 is 0 Å². The average molecular weight is 200 g/mol. The Kier molecular flexibility index (Phi) is 4.64. The van der Waals surface area contributed by atoms with Crippen molar-refractivity contribution in [3.05, 3.63) is 0 Å². The van der Waals surface area contributed by atoms with Crippen LogP contribution in [0.15, 0.2) is 0 Å². The van der Waals surface area contributed by atoms with Gasteiger partial charge in [0.1, 0.15) is 0 Å². The van der Waals surface area contributed by atoms with E-state index in [1.807, 2.05) is 0 Å². The lowest BCUT2D eigenvalue weighted by Gasteiger charge is -2.41. The molecule has 0 aromatic heterocycles. The van der Waals surface area contributed by atoms with Crippen molar-refractivity contribution in [1.29, 1.82) is 0 Å². The molecule has 1 heteroatoms. The predicted octanol–water partition coefficient (Wildman–Crippen LogP) is 3.71. The Bertz CT molecular complexity index is 167. The molecule has 2 unspecified atom stereocenters. The van der Waals surface area contributed by atoms with Gasteiger partial charge in [0.15, 0.2) is 0 Å². The maximum Gasteiger partial charge on any atom is 0.0487 e. The highest BCUT2D eigenvalue weighted by molar-refractivity contribution is 4.85. The molecule has 86 valence electrons. The monoisotopic (exact) mass is 200 g/mol. The van der Waals surface area contributed by atoms with Gasteiger partial charge in [-0.15, -0.1) is 0 Å². The van der Waals surface area contributed by atoms with Crippen LogP contribution in [0.3, 0.4) is 0 Å². The van der Waals surface area contributed by atoms with Gasteiger partial charge >= 0.3 is 0 Å². The Balaban J connectivity index is 4.63. The quantitative estimate of drug-likeness (QED) is 0.733. The highest BCUT2D eigenvalue weighted by atomic mass is 16.3. The van der Waals surface area contributed by atoms with Gasteiger partial charge in [-0.3, -0.25) is 0 Å². The lowest BCUT2D eigenvalue weighted by Crippen LogP contribution is -2.36.